The molecule has 0 aromatic carbocycles. The standard InChI is InChI=1S/C66H126O6/c1-4-7-10-13-16-19-22-25-27-29-31-32-33-34-36-37-39-41-44-47-50-53-56-59-65(68)71-62-63(61-70-64(67)58-55-52-49-46-43-24-21-18-15-12-9-6-3)72-66(69)60-57-54-51-48-45-42-40-38-35-30-28-26-23-20-17-14-11-8-5-2/h18,21,63H,4-17,19-20,22-62H2,1-3H3/b21-18-. The molecule has 6 nitrogen and oxygen atoms in total. The van der Waals surface area contributed by atoms with E-state index in [0.717, 1.165) is 64.2 Å². The molecule has 0 heterocycles. The number of carbonyl (C=O) groups excluding carboxylic acids is 3. The van der Waals surface area contributed by atoms with Gasteiger partial charge in [-0.15, -0.1) is 0 Å². The molecule has 0 saturated carbocycles. The highest BCUT2D eigenvalue weighted by Crippen LogP contribution is 2.18. The molecule has 0 aromatic heterocycles. The summed E-state index contributed by atoms with van der Waals surface area (Å²) < 4.78 is 16.9. The van der Waals surface area contributed by atoms with E-state index in [1.807, 2.05) is 0 Å². The van der Waals surface area contributed by atoms with Crippen molar-refractivity contribution in [3.8, 4) is 0 Å². The summed E-state index contributed by atoms with van der Waals surface area (Å²) in [6.45, 7) is 6.69. The van der Waals surface area contributed by atoms with Crippen molar-refractivity contribution in [1.82, 2.24) is 0 Å². The Bertz CT molecular complexity index is 1120. The van der Waals surface area contributed by atoms with Crippen LogP contribution < -0.4 is 0 Å². The number of hydrogen-bond acceptors (Lipinski definition) is 6. The molecule has 1 unspecified atom stereocenters. The summed E-state index contributed by atoms with van der Waals surface area (Å²) in [6, 6.07) is 0. The molecule has 6 heteroatoms. The summed E-state index contributed by atoms with van der Waals surface area (Å²) in [5.41, 5.74) is 0. The average Bonchev–Trinajstić information content (AvgIpc) is 3.38. The lowest BCUT2D eigenvalue weighted by Crippen LogP contribution is -2.30. The Labute approximate surface area is 450 Å². The van der Waals surface area contributed by atoms with Crippen LogP contribution in [-0.4, -0.2) is 37.2 Å². The van der Waals surface area contributed by atoms with E-state index in [1.165, 1.54) is 270 Å². The monoisotopic (exact) mass is 1010 g/mol. The van der Waals surface area contributed by atoms with Crippen molar-refractivity contribution >= 4 is 17.9 Å². The largest absolute Gasteiger partial charge is 0.462 e. The Morgan fingerprint density at radius 3 is 0.722 bits per heavy atom. The minimum Gasteiger partial charge on any atom is -0.462 e. The van der Waals surface area contributed by atoms with Gasteiger partial charge in [-0.2, -0.15) is 0 Å². The summed E-state index contributed by atoms with van der Waals surface area (Å²) in [5, 5.41) is 0. The molecular formula is C66H126O6. The first-order valence-electron chi connectivity index (χ1n) is 32.7. The summed E-state index contributed by atoms with van der Waals surface area (Å²) in [7, 11) is 0. The van der Waals surface area contributed by atoms with Crippen molar-refractivity contribution in [3.05, 3.63) is 12.2 Å². The second kappa shape index (κ2) is 61.7. The maximum atomic E-state index is 12.9. The molecule has 0 aliphatic carbocycles. The summed E-state index contributed by atoms with van der Waals surface area (Å²) in [4.78, 5) is 38.3. The van der Waals surface area contributed by atoms with Crippen molar-refractivity contribution in [2.24, 2.45) is 0 Å². The van der Waals surface area contributed by atoms with Crippen molar-refractivity contribution in [2.75, 3.05) is 13.2 Å². The van der Waals surface area contributed by atoms with Crippen LogP contribution in [0.5, 0.6) is 0 Å². The molecule has 0 N–H and O–H groups in total. The van der Waals surface area contributed by atoms with Crippen molar-refractivity contribution in [2.45, 2.75) is 380 Å². The molecule has 0 aliphatic heterocycles. The number of carbonyl (C=O) groups is 3. The Balaban J connectivity index is 4.21. The summed E-state index contributed by atoms with van der Waals surface area (Å²) in [5.74, 6) is -0.845. The smallest absolute Gasteiger partial charge is 0.306 e. The van der Waals surface area contributed by atoms with Crippen LogP contribution in [0.25, 0.3) is 0 Å². The molecule has 72 heavy (non-hydrogen) atoms. The Morgan fingerprint density at radius 1 is 0.264 bits per heavy atom. The zero-order valence-electron chi connectivity index (χ0n) is 49.0. The first kappa shape index (κ1) is 70.1. The normalized spacial score (nSPS) is 12.0. The quantitative estimate of drug-likeness (QED) is 0.0261. The van der Waals surface area contributed by atoms with E-state index in [4.69, 9.17) is 14.2 Å². The average molecular weight is 1020 g/mol. The van der Waals surface area contributed by atoms with E-state index in [0.29, 0.717) is 19.3 Å². The second-order valence-electron chi connectivity index (χ2n) is 22.4. The van der Waals surface area contributed by atoms with Gasteiger partial charge in [-0.3, -0.25) is 14.4 Å². The molecule has 0 bridgehead atoms. The molecule has 1 atom stereocenters. The van der Waals surface area contributed by atoms with E-state index in [2.05, 4.69) is 32.9 Å². The summed E-state index contributed by atoms with van der Waals surface area (Å²) in [6.07, 6.45) is 72.3. The highest BCUT2D eigenvalue weighted by molar-refractivity contribution is 5.71. The molecule has 0 spiro atoms. The molecule has 426 valence electrons. The predicted octanol–water partition coefficient (Wildman–Crippen LogP) is 22.1. The third-order valence-electron chi connectivity index (χ3n) is 15.0. The lowest BCUT2D eigenvalue weighted by atomic mass is 10.0. The van der Waals surface area contributed by atoms with Crippen LogP contribution in [0.15, 0.2) is 12.2 Å². The third-order valence-corrected chi connectivity index (χ3v) is 15.0. The Kier molecular flexibility index (Phi) is 60.1. The third kappa shape index (κ3) is 59.0. The Hall–Kier alpha value is -1.85. The van der Waals surface area contributed by atoms with E-state index >= 15 is 0 Å². The maximum absolute atomic E-state index is 12.9. The van der Waals surface area contributed by atoms with Gasteiger partial charge in [0.25, 0.3) is 0 Å². The van der Waals surface area contributed by atoms with Gasteiger partial charge in [0.15, 0.2) is 6.10 Å². The molecule has 0 fully saturated rings. The zero-order chi connectivity index (χ0) is 52.2. The van der Waals surface area contributed by atoms with Crippen LogP contribution in [0.4, 0.5) is 0 Å². The summed E-state index contributed by atoms with van der Waals surface area (Å²) >= 11 is 0. The fraction of sp³-hybridized carbons (Fsp3) is 0.924. The van der Waals surface area contributed by atoms with Gasteiger partial charge in [-0.1, -0.05) is 322 Å². The fourth-order valence-corrected chi connectivity index (χ4v) is 10.1. The SMILES string of the molecule is CCCCC/C=C\CCCCCCCC(=O)OCC(COC(=O)CCCCCCCCCCCCCCCCCCCCCCCCC)OC(=O)CCCCCCCCCCCCCCCCCCCCC. The number of esters is 3. The first-order valence-corrected chi connectivity index (χ1v) is 32.7. The van der Waals surface area contributed by atoms with Crippen LogP contribution in [0, 0.1) is 0 Å². The number of unbranched alkanes of at least 4 members (excludes halogenated alkanes) is 48. The minimum atomic E-state index is -0.768. The van der Waals surface area contributed by atoms with Gasteiger partial charge in [0.05, 0.1) is 0 Å². The molecule has 0 amide bonds. The number of ether oxygens (including phenoxy) is 3. The van der Waals surface area contributed by atoms with Crippen LogP contribution in [0.2, 0.25) is 0 Å². The lowest BCUT2D eigenvalue weighted by Gasteiger charge is -2.18. The van der Waals surface area contributed by atoms with Gasteiger partial charge in [0.2, 0.25) is 0 Å². The number of rotatable bonds is 61. The maximum Gasteiger partial charge on any atom is 0.306 e. The first-order chi connectivity index (χ1) is 35.5. The van der Waals surface area contributed by atoms with Gasteiger partial charge < -0.3 is 14.2 Å². The zero-order valence-corrected chi connectivity index (χ0v) is 49.0. The van der Waals surface area contributed by atoms with E-state index in [-0.39, 0.29) is 31.1 Å². The van der Waals surface area contributed by atoms with Gasteiger partial charge in [-0.05, 0) is 44.9 Å². The highest BCUT2D eigenvalue weighted by Gasteiger charge is 2.19. The molecule has 0 saturated heterocycles. The van der Waals surface area contributed by atoms with E-state index < -0.39 is 6.10 Å². The Morgan fingerprint density at radius 2 is 0.458 bits per heavy atom. The molecule has 0 aromatic rings. The van der Waals surface area contributed by atoms with E-state index in [9.17, 15) is 14.4 Å². The highest BCUT2D eigenvalue weighted by atomic mass is 16.6. The van der Waals surface area contributed by atoms with Gasteiger partial charge >= 0.3 is 17.9 Å². The second-order valence-corrected chi connectivity index (χ2v) is 22.4. The minimum absolute atomic E-state index is 0.0660. The predicted molar refractivity (Wildman–Crippen MR) is 312 cm³/mol. The van der Waals surface area contributed by atoms with Gasteiger partial charge in [0.1, 0.15) is 13.2 Å². The van der Waals surface area contributed by atoms with Crippen LogP contribution in [-0.2, 0) is 28.6 Å². The molecular weight excluding hydrogens is 889 g/mol. The molecule has 0 aliphatic rings. The van der Waals surface area contributed by atoms with Crippen LogP contribution >= 0.6 is 0 Å². The van der Waals surface area contributed by atoms with Crippen LogP contribution in [0.1, 0.15) is 374 Å². The van der Waals surface area contributed by atoms with Gasteiger partial charge in [-0.25, -0.2) is 0 Å². The van der Waals surface area contributed by atoms with Crippen molar-refractivity contribution < 1.29 is 28.6 Å². The molecule has 0 radical (unpaired) electrons. The number of hydrogen-bond donors (Lipinski definition) is 0. The fourth-order valence-electron chi connectivity index (χ4n) is 10.1. The topological polar surface area (TPSA) is 78.9 Å². The van der Waals surface area contributed by atoms with Gasteiger partial charge in [0, 0.05) is 19.3 Å². The van der Waals surface area contributed by atoms with Crippen molar-refractivity contribution in [3.63, 3.8) is 0 Å². The van der Waals surface area contributed by atoms with E-state index in [1.54, 1.807) is 0 Å². The molecule has 0 rings (SSSR count). The number of allylic oxidation sites excluding steroid dienone is 2. The van der Waals surface area contributed by atoms with Crippen molar-refractivity contribution in [1.29, 1.82) is 0 Å². The lowest BCUT2D eigenvalue weighted by molar-refractivity contribution is -0.167. The van der Waals surface area contributed by atoms with Crippen LogP contribution in [0.3, 0.4) is 0 Å².